The molecule has 7 nitrogen and oxygen atoms in total. The van der Waals surface area contributed by atoms with E-state index in [2.05, 4.69) is 38.7 Å². The van der Waals surface area contributed by atoms with Crippen molar-refractivity contribution in [3.63, 3.8) is 0 Å². The minimum Gasteiger partial charge on any atom is -0.370 e. The minimum absolute atomic E-state index is 0.0626. The fourth-order valence-electron chi connectivity index (χ4n) is 4.33. The zero-order chi connectivity index (χ0) is 20.0. The normalized spacial score (nSPS) is 17.6. The number of ether oxygens (including phenoxy) is 1. The molecule has 8 heteroatoms. The van der Waals surface area contributed by atoms with Gasteiger partial charge in [0.05, 0.1) is 34.6 Å². The summed E-state index contributed by atoms with van der Waals surface area (Å²) in [5.41, 5.74) is 4.04. The van der Waals surface area contributed by atoms with Gasteiger partial charge in [-0.3, -0.25) is 14.4 Å². The van der Waals surface area contributed by atoms with Gasteiger partial charge >= 0.3 is 0 Å². The number of amides is 1. The molecule has 1 aliphatic heterocycles. The summed E-state index contributed by atoms with van der Waals surface area (Å²) in [5, 5.41) is 12.7. The van der Waals surface area contributed by atoms with Crippen molar-refractivity contribution in [1.82, 2.24) is 25.0 Å². The van der Waals surface area contributed by atoms with E-state index in [1.54, 1.807) is 18.4 Å². The topological polar surface area (TPSA) is 82.8 Å². The van der Waals surface area contributed by atoms with Crippen molar-refractivity contribution in [2.75, 3.05) is 33.4 Å². The number of fused-ring (bicyclic) bond motifs is 2. The molecule has 3 N–H and O–H groups in total. The van der Waals surface area contributed by atoms with Crippen LogP contribution >= 0.6 is 11.3 Å². The van der Waals surface area contributed by atoms with Gasteiger partial charge in [0.15, 0.2) is 11.0 Å². The highest BCUT2D eigenvalue weighted by Gasteiger charge is 2.43. The number of likely N-dealkylation sites (N-methyl/N-ethyl adjacent to an activating group) is 1. The number of nitrogens with zero attached hydrogens (tertiary/aromatic N) is 2. The minimum atomic E-state index is -0.165. The second-order valence-corrected chi connectivity index (χ2v) is 8.61. The average molecular weight is 411 g/mol. The first-order valence-electron chi connectivity index (χ1n) is 9.85. The lowest BCUT2D eigenvalue weighted by Crippen LogP contribution is -2.65. The van der Waals surface area contributed by atoms with Crippen LogP contribution in [0, 0.1) is 0 Å². The van der Waals surface area contributed by atoms with Crippen LogP contribution in [0.25, 0.3) is 32.5 Å². The lowest BCUT2D eigenvalue weighted by molar-refractivity contribution is -0.126. The van der Waals surface area contributed by atoms with Crippen LogP contribution in [-0.4, -0.2) is 60.5 Å². The van der Waals surface area contributed by atoms with Gasteiger partial charge in [0, 0.05) is 18.5 Å². The number of rotatable bonds is 4. The molecule has 1 unspecified atom stereocenters. The molecule has 0 spiro atoms. The quantitative estimate of drug-likeness (QED) is 0.452. The third-order valence-electron chi connectivity index (χ3n) is 6.09. The highest BCUT2D eigenvalue weighted by molar-refractivity contribution is 7.22. The summed E-state index contributed by atoms with van der Waals surface area (Å²) in [4.78, 5) is 16.0. The molecule has 150 valence electrons. The average Bonchev–Trinajstić information content (AvgIpc) is 3.45. The fraction of sp³-hybridized carbons (Fsp3) is 0.333. The number of aromatic amines is 2. The largest absolute Gasteiger partial charge is 0.370 e. The van der Waals surface area contributed by atoms with Crippen molar-refractivity contribution >= 4 is 43.4 Å². The summed E-state index contributed by atoms with van der Waals surface area (Å²) in [7, 11) is 1.70. The zero-order valence-electron chi connectivity index (χ0n) is 16.5. The molecule has 1 atom stereocenters. The number of carbonyl (C=O) groups excluding carboxylic acids is 1. The van der Waals surface area contributed by atoms with Crippen LogP contribution in [0.2, 0.25) is 0 Å². The van der Waals surface area contributed by atoms with Gasteiger partial charge in [-0.2, -0.15) is 5.10 Å². The predicted molar refractivity (Wildman–Crippen MR) is 117 cm³/mol. The van der Waals surface area contributed by atoms with Crippen LogP contribution in [0.3, 0.4) is 0 Å². The molecule has 1 amide bonds. The third-order valence-corrected chi connectivity index (χ3v) is 7.34. The van der Waals surface area contributed by atoms with E-state index >= 15 is 0 Å². The molecule has 1 fully saturated rings. The van der Waals surface area contributed by atoms with Crippen molar-refractivity contribution in [3.05, 3.63) is 36.4 Å². The van der Waals surface area contributed by atoms with Crippen LogP contribution in [0.4, 0.5) is 5.00 Å². The van der Waals surface area contributed by atoms with E-state index in [1.807, 2.05) is 25.1 Å². The summed E-state index contributed by atoms with van der Waals surface area (Å²) >= 11 is 1.75. The number of thiophene rings is 1. The summed E-state index contributed by atoms with van der Waals surface area (Å²) in [6, 6.07) is 12.3. The summed E-state index contributed by atoms with van der Waals surface area (Å²) in [6.07, 6.45) is 0. The Bertz CT molecular complexity index is 1150. The van der Waals surface area contributed by atoms with E-state index in [4.69, 9.17) is 4.74 Å². The second kappa shape index (κ2) is 6.98. The second-order valence-electron chi connectivity index (χ2n) is 7.55. The summed E-state index contributed by atoms with van der Waals surface area (Å²) < 4.78 is 7.42. The number of hydrogen-bond acceptors (Lipinski definition) is 4. The summed E-state index contributed by atoms with van der Waals surface area (Å²) in [6.45, 7) is 4.94. The third kappa shape index (κ3) is 2.87. The number of carbonyl (C=O) groups is 1. The smallest absolute Gasteiger partial charge is 0.278 e. The van der Waals surface area contributed by atoms with Crippen LogP contribution in [0.1, 0.15) is 6.92 Å². The van der Waals surface area contributed by atoms with E-state index in [0.717, 1.165) is 40.9 Å². The van der Waals surface area contributed by atoms with Gasteiger partial charge in [0.2, 0.25) is 0 Å². The Labute approximate surface area is 172 Å². The molecule has 5 rings (SSSR count). The highest BCUT2D eigenvalue weighted by Crippen LogP contribution is 2.41. The Morgan fingerprint density at radius 3 is 2.79 bits per heavy atom. The van der Waals surface area contributed by atoms with Crippen molar-refractivity contribution in [2.24, 2.45) is 0 Å². The van der Waals surface area contributed by atoms with Gasteiger partial charge in [-0.15, -0.1) is 0 Å². The number of para-hydroxylation sites is 1. The molecule has 4 heterocycles. The van der Waals surface area contributed by atoms with Crippen LogP contribution in [-0.2, 0) is 9.53 Å². The number of benzene rings is 1. The molecule has 0 aliphatic carbocycles. The van der Waals surface area contributed by atoms with E-state index in [-0.39, 0.29) is 11.9 Å². The lowest BCUT2D eigenvalue weighted by Gasteiger charge is -2.43. The first kappa shape index (κ1) is 18.4. The molecule has 0 saturated carbocycles. The Balaban J connectivity index is 1.56. The highest BCUT2D eigenvalue weighted by atomic mass is 32.1. The molecular weight excluding hydrogens is 386 g/mol. The maximum absolute atomic E-state index is 12.5. The van der Waals surface area contributed by atoms with Crippen LogP contribution < -0.4 is 9.80 Å². The zero-order valence-corrected chi connectivity index (χ0v) is 17.3. The Hall–Kier alpha value is -2.68. The fourth-order valence-corrected chi connectivity index (χ4v) is 5.65. The molecule has 4 aromatic rings. The molecule has 29 heavy (non-hydrogen) atoms. The molecule has 1 aliphatic rings. The van der Waals surface area contributed by atoms with Crippen LogP contribution in [0.5, 0.6) is 0 Å². The number of hydrogen-bond donors (Lipinski definition) is 3. The maximum Gasteiger partial charge on any atom is 0.278 e. The van der Waals surface area contributed by atoms with E-state index in [9.17, 15) is 4.79 Å². The van der Waals surface area contributed by atoms with Gasteiger partial charge in [-0.25, -0.2) is 0 Å². The number of nitrogens with one attached hydrogen (secondary N) is 3. The molecule has 3 aromatic heterocycles. The SMILES string of the molecule is CNC(=O)C(C)[N+]1(c2cc3[nH]c(-c4n[nH]c5ccccc45)cc3s2)CCOCC1. The Morgan fingerprint density at radius 1 is 1.24 bits per heavy atom. The molecule has 1 aromatic carbocycles. The van der Waals surface area contributed by atoms with Crippen molar-refractivity contribution in [2.45, 2.75) is 13.0 Å². The van der Waals surface area contributed by atoms with Gasteiger partial charge in [0.25, 0.3) is 5.91 Å². The molecule has 0 bridgehead atoms. The molecule has 1 saturated heterocycles. The van der Waals surface area contributed by atoms with Crippen molar-refractivity contribution < 1.29 is 9.53 Å². The van der Waals surface area contributed by atoms with Gasteiger partial charge < -0.3 is 15.0 Å². The lowest BCUT2D eigenvalue weighted by atomic mass is 10.1. The Kier molecular flexibility index (Phi) is 4.42. The number of quaternary nitrogens is 1. The van der Waals surface area contributed by atoms with Gasteiger partial charge in [0.1, 0.15) is 18.8 Å². The van der Waals surface area contributed by atoms with E-state index in [0.29, 0.717) is 17.7 Å². The first-order valence-corrected chi connectivity index (χ1v) is 10.7. The van der Waals surface area contributed by atoms with E-state index < -0.39 is 0 Å². The van der Waals surface area contributed by atoms with E-state index in [1.165, 1.54) is 9.70 Å². The van der Waals surface area contributed by atoms with Crippen LogP contribution in [0.15, 0.2) is 36.4 Å². The summed E-state index contributed by atoms with van der Waals surface area (Å²) in [5.74, 6) is 0.0626. The monoisotopic (exact) mass is 410 g/mol. The number of aromatic nitrogens is 3. The van der Waals surface area contributed by atoms with Crippen molar-refractivity contribution in [1.29, 1.82) is 0 Å². The molecular formula is C21H24N5O2S+. The van der Waals surface area contributed by atoms with Gasteiger partial charge in [-0.05, 0) is 19.1 Å². The molecule has 0 radical (unpaired) electrons. The maximum atomic E-state index is 12.5. The number of morpholine rings is 1. The number of H-pyrrole nitrogens is 2. The first-order chi connectivity index (χ1) is 14.1. The predicted octanol–water partition coefficient (Wildman–Crippen LogP) is 3.24. The van der Waals surface area contributed by atoms with Gasteiger partial charge in [-0.1, -0.05) is 29.5 Å². The standard InChI is InChI=1S/C21H23N5O2S/c1-13(21(27)22-2)26(7-9-28-10-8-26)19-12-16-18(29-19)11-17(23-16)20-14-5-3-4-6-15(14)24-25-20/h3-6,11-13H,7-10H2,1-2H3,(H2-,22,23,24,25,27)/p+1. The van der Waals surface area contributed by atoms with Crippen molar-refractivity contribution in [3.8, 4) is 11.4 Å². The Morgan fingerprint density at radius 2 is 2.03 bits per heavy atom.